The number of carboxylic acid groups (broad SMARTS) is 1. The quantitative estimate of drug-likeness (QED) is 0.0239. The number of aliphatic carboxylic acids is 1. The zero-order valence-corrected chi connectivity index (χ0v) is 71.4. The van der Waals surface area contributed by atoms with E-state index in [0.29, 0.717) is 12.8 Å². The lowest BCUT2D eigenvalue weighted by Crippen LogP contribution is -2.71. The highest BCUT2D eigenvalue weighted by molar-refractivity contribution is 5.77. The summed E-state index contributed by atoms with van der Waals surface area (Å²) in [6.07, 6.45) is -20.8. The maximum Gasteiger partial charge on any atom is 0.364 e. The van der Waals surface area contributed by atoms with Gasteiger partial charge in [-0.25, -0.2) is 4.79 Å². The molecule has 0 saturated carbocycles. The second kappa shape index (κ2) is 56.7. The Balaban J connectivity index is 1.09. The number of hydrogen-bond acceptors (Lipinski definition) is 35. The van der Waals surface area contributed by atoms with Crippen LogP contribution in [0.15, 0.2) is 12.2 Å². The largest absolute Gasteiger partial charge is 0.477 e. The van der Waals surface area contributed by atoms with Crippen molar-refractivity contribution in [1.29, 1.82) is 0 Å². The summed E-state index contributed by atoms with van der Waals surface area (Å²) in [6.45, 7) is -0.653. The summed E-state index contributed by atoms with van der Waals surface area (Å²) in [5.41, 5.74) is 0. The van der Waals surface area contributed by atoms with Gasteiger partial charge in [0.25, 0.3) is 5.79 Å². The predicted molar refractivity (Wildman–Crippen MR) is 429 cm³/mol. The van der Waals surface area contributed by atoms with E-state index in [2.05, 4.69) is 29.8 Å². The van der Waals surface area contributed by atoms with Crippen LogP contribution in [0.4, 0.5) is 0 Å². The number of rotatable bonds is 59. The highest BCUT2D eigenvalue weighted by Gasteiger charge is 2.62. The third kappa shape index (κ3) is 32.5. The van der Waals surface area contributed by atoms with E-state index >= 15 is 0 Å². The van der Waals surface area contributed by atoms with Gasteiger partial charge >= 0.3 is 5.97 Å². The van der Waals surface area contributed by atoms with Crippen LogP contribution in [0.1, 0.15) is 240 Å². The van der Waals surface area contributed by atoms with Crippen molar-refractivity contribution in [2.45, 2.75) is 441 Å². The fraction of sp³-hybridized carbons (Fsp3) is 0.928. The molecule has 6 fully saturated rings. The van der Waals surface area contributed by atoms with Crippen molar-refractivity contribution >= 4 is 23.7 Å². The van der Waals surface area contributed by atoms with Gasteiger partial charge in [0.1, 0.15) is 140 Å². The molecule has 0 spiro atoms. The molecular formula is C83H149N3O36. The molecule has 6 aliphatic heterocycles. The molecule has 0 aliphatic carbocycles. The second-order valence-electron chi connectivity index (χ2n) is 33.5. The normalized spacial score (nSPS) is 35.6. The topological polar surface area (TPSA) is 620 Å². The van der Waals surface area contributed by atoms with Crippen molar-refractivity contribution < 1.29 is 178 Å². The summed E-state index contributed by atoms with van der Waals surface area (Å²) in [7, 11) is 0. The van der Waals surface area contributed by atoms with Crippen LogP contribution in [0.5, 0.6) is 0 Å². The monoisotopic (exact) mass is 1760 g/mol. The molecular weight excluding hydrogens is 1610 g/mol. The van der Waals surface area contributed by atoms with Gasteiger partial charge in [-0.15, -0.1) is 0 Å². The number of aliphatic hydroxyl groups is 19. The van der Waals surface area contributed by atoms with Crippen molar-refractivity contribution in [3.63, 3.8) is 0 Å². The first-order valence-corrected chi connectivity index (χ1v) is 44.6. The lowest BCUT2D eigenvalue weighted by Gasteiger charge is -2.51. The number of allylic oxidation sites excluding steroid dienone is 1. The fourth-order valence-electron chi connectivity index (χ4n) is 16.5. The van der Waals surface area contributed by atoms with E-state index in [9.17, 15) is 121 Å². The summed E-state index contributed by atoms with van der Waals surface area (Å²) in [5, 5.41) is 231. The van der Waals surface area contributed by atoms with E-state index in [1.165, 1.54) is 135 Å². The van der Waals surface area contributed by atoms with E-state index < -0.39 is 272 Å². The highest BCUT2D eigenvalue weighted by atomic mass is 16.8. The van der Waals surface area contributed by atoms with E-state index in [4.69, 9.17) is 56.8 Å². The average molecular weight is 1770 g/mol. The lowest BCUT2D eigenvalue weighted by molar-refractivity contribution is -0.392. The summed E-state index contributed by atoms with van der Waals surface area (Å²) in [6, 6.07) is -4.72. The standard InChI is InChI=1S/C83H149N3O36/c1-5-7-9-11-13-15-17-19-20-21-22-23-24-26-28-30-32-34-36-38-58(98)86-49(50(95)37-35-33-31-29-27-25-18-16-14-12-10-8-6-2)46-111-78-67(105)65(103)71(56(44-91)115-78)117-79-68(106)66(104)72(57(45-92)116-79)118-80-69(107)75(63(101)54(42-89)113-80)120-77-60(85-48(4)94)73(62(100)53(41-88)112-77)119-81-70(108)76(64(102)55(43-90)114-81)122-83(82(109)110)39-51(96)59(84-47(3)93)74(121-83)61(99)52(97)40-87/h35,37,49-57,59-81,87-92,95-97,99-108H,5-34,36,38-46H2,1-4H3,(H,84,93)(H,85,94)(H,86,98)(H,109,110)/b37-35+/t49-,50+,51?,52+,53?,54?,55?,56?,57?,59+,60?,61+,62-,63-,64-,65+,66+,67?,68?,69?,70?,71+,72-,73+,74?,75-,76-,77-,78+,79-,80-,81-,83-/m0/s1. The molecule has 12 unspecified atom stereocenters. The highest BCUT2D eigenvalue weighted by Crippen LogP contribution is 2.41. The molecule has 122 heavy (non-hydrogen) atoms. The molecule has 0 aromatic carbocycles. The average Bonchev–Trinajstić information content (AvgIpc) is 0.755. The molecule has 39 heteroatoms. The fourth-order valence-corrected chi connectivity index (χ4v) is 16.5. The van der Waals surface area contributed by atoms with Crippen LogP contribution in [0.25, 0.3) is 0 Å². The van der Waals surface area contributed by atoms with Gasteiger partial charge in [0.2, 0.25) is 17.7 Å². The Morgan fingerprint density at radius 2 is 0.795 bits per heavy atom. The summed E-state index contributed by atoms with van der Waals surface area (Å²) >= 11 is 0. The van der Waals surface area contributed by atoms with Crippen LogP contribution >= 0.6 is 0 Å². The number of hydrogen-bond donors (Lipinski definition) is 23. The Labute approximate surface area is 714 Å². The third-order valence-electron chi connectivity index (χ3n) is 23.7. The lowest BCUT2D eigenvalue weighted by atomic mass is 9.88. The van der Waals surface area contributed by atoms with Gasteiger partial charge in [0.15, 0.2) is 31.5 Å². The first-order valence-electron chi connectivity index (χ1n) is 44.6. The minimum atomic E-state index is -3.25. The Morgan fingerprint density at radius 3 is 1.24 bits per heavy atom. The van der Waals surface area contributed by atoms with Gasteiger partial charge < -0.3 is 175 Å². The predicted octanol–water partition coefficient (Wildman–Crippen LogP) is -1.66. The Bertz CT molecular complexity index is 2910. The molecule has 0 aromatic rings. The molecule has 6 saturated heterocycles. The Hall–Kier alpha value is -3.62. The molecule has 0 radical (unpaired) electrons. The number of aliphatic hydroxyl groups excluding tert-OH is 19. The number of carboxylic acids is 1. The second-order valence-corrected chi connectivity index (χ2v) is 33.5. The van der Waals surface area contributed by atoms with Gasteiger partial charge in [-0.2, -0.15) is 0 Å². The van der Waals surface area contributed by atoms with Gasteiger partial charge in [-0.3, -0.25) is 14.4 Å². The zero-order valence-electron chi connectivity index (χ0n) is 71.4. The van der Waals surface area contributed by atoms with Crippen LogP contribution in [-0.2, 0) is 76.0 Å². The van der Waals surface area contributed by atoms with Crippen molar-refractivity contribution in [3.8, 4) is 0 Å². The van der Waals surface area contributed by atoms with E-state index in [1.807, 2.05) is 6.08 Å². The van der Waals surface area contributed by atoms with Crippen LogP contribution in [0.3, 0.4) is 0 Å². The summed E-state index contributed by atoms with van der Waals surface area (Å²) in [4.78, 5) is 52.1. The molecule has 6 aliphatic rings. The van der Waals surface area contributed by atoms with Gasteiger partial charge in [0.05, 0.1) is 70.5 Å². The molecule has 33 atom stereocenters. The molecule has 0 bridgehead atoms. The van der Waals surface area contributed by atoms with Gasteiger partial charge in [-0.1, -0.05) is 206 Å². The van der Waals surface area contributed by atoms with E-state index in [1.54, 1.807) is 6.08 Å². The summed E-state index contributed by atoms with van der Waals surface area (Å²) < 4.78 is 70.6. The molecule has 6 heterocycles. The van der Waals surface area contributed by atoms with Crippen molar-refractivity contribution in [2.24, 2.45) is 0 Å². The Kier molecular flexibility index (Phi) is 49.8. The Morgan fingerprint density at radius 1 is 0.426 bits per heavy atom. The number of nitrogens with one attached hydrogen (secondary N) is 3. The number of carbonyl (C=O) groups is 4. The van der Waals surface area contributed by atoms with Crippen LogP contribution in [-0.4, -0.2) is 374 Å². The maximum atomic E-state index is 13.6. The van der Waals surface area contributed by atoms with Crippen LogP contribution < -0.4 is 16.0 Å². The smallest absolute Gasteiger partial charge is 0.364 e. The number of unbranched alkanes of at least 4 members (excludes halogenated alkanes) is 29. The van der Waals surface area contributed by atoms with Crippen LogP contribution in [0.2, 0.25) is 0 Å². The first kappa shape index (κ1) is 107. The molecule has 23 N–H and O–H groups in total. The molecule has 6 rings (SSSR count). The van der Waals surface area contributed by atoms with Crippen molar-refractivity contribution in [1.82, 2.24) is 16.0 Å². The molecule has 39 nitrogen and oxygen atoms in total. The van der Waals surface area contributed by atoms with Gasteiger partial charge in [-0.05, 0) is 19.3 Å². The first-order chi connectivity index (χ1) is 58.5. The number of amides is 3. The van der Waals surface area contributed by atoms with Crippen LogP contribution in [0, 0.1) is 0 Å². The zero-order chi connectivity index (χ0) is 89.6. The van der Waals surface area contributed by atoms with Gasteiger partial charge in [0, 0.05) is 26.7 Å². The van der Waals surface area contributed by atoms with Crippen molar-refractivity contribution in [2.75, 3.05) is 46.2 Å². The number of carbonyl (C=O) groups excluding carboxylic acids is 3. The molecule has 3 amide bonds. The molecule has 712 valence electrons. The maximum absolute atomic E-state index is 13.6. The van der Waals surface area contributed by atoms with E-state index in [0.717, 1.165) is 65.2 Å². The SMILES string of the molecule is CCCCCCCCCCCCC/C=C/[C@@H](O)[C@H](CO[C@@H]1OC(CO)[C@@H](O[C@@H]2OC(CO)[C@H](O[C@@H]3OC(CO)[C@H](O)[C@H](O[C@@H]4OC(CO)[C@H](O)[C@H](O[C@@H]5OC(CO)[C@H](O)[C@H](O[C@]6(C(=O)O)CC(O)[C@@H](NC(C)=O)C([C@H](O)[C@H](O)CO)O6)C5O)C4NC(C)=O)C3O)[C@H](O)C2O)[C@H](O)C1O)NC(=O)CCCCCCCCCCCCCCCCCCCCC. The summed E-state index contributed by atoms with van der Waals surface area (Å²) in [5.74, 6) is -7.49. The van der Waals surface area contributed by atoms with Crippen molar-refractivity contribution in [3.05, 3.63) is 12.2 Å². The third-order valence-corrected chi connectivity index (χ3v) is 23.7. The molecule has 0 aromatic heterocycles. The minimum Gasteiger partial charge on any atom is -0.477 e. The number of ether oxygens (including phenoxy) is 12. The van der Waals surface area contributed by atoms with E-state index in [-0.39, 0.29) is 12.3 Å². The minimum absolute atomic E-state index is 0.168.